The van der Waals surface area contributed by atoms with Gasteiger partial charge in [0, 0.05) is 18.5 Å². The molecule has 3 rings (SSSR count). The Hall–Kier alpha value is -2.31. The first-order chi connectivity index (χ1) is 12.2. The quantitative estimate of drug-likeness (QED) is 0.652. The smallest absolute Gasteiger partial charge is 0.168 e. The Labute approximate surface area is 150 Å². The van der Waals surface area contributed by atoms with E-state index in [0.29, 0.717) is 18.0 Å². The van der Waals surface area contributed by atoms with Crippen LogP contribution in [0.15, 0.2) is 59.9 Å². The van der Waals surface area contributed by atoms with Crippen molar-refractivity contribution in [2.45, 2.75) is 24.1 Å². The average molecular weight is 358 g/mol. The summed E-state index contributed by atoms with van der Waals surface area (Å²) in [6.45, 7) is 0.533. The van der Waals surface area contributed by atoms with Gasteiger partial charge >= 0.3 is 0 Å². The normalized spacial score (nSPS) is 10.8. The number of methoxy groups -OCH3 is 1. The molecule has 25 heavy (non-hydrogen) atoms. The number of nitrogens with zero attached hydrogens (tertiary/aromatic N) is 2. The van der Waals surface area contributed by atoms with Gasteiger partial charge in [-0.3, -0.25) is 0 Å². The minimum absolute atomic E-state index is 0.108. The second-order valence-corrected chi connectivity index (χ2v) is 6.51. The third kappa shape index (κ3) is 4.61. The highest BCUT2D eigenvalue weighted by Crippen LogP contribution is 2.24. The van der Waals surface area contributed by atoms with E-state index >= 15 is 0 Å². The highest BCUT2D eigenvalue weighted by molar-refractivity contribution is 7.98. The van der Waals surface area contributed by atoms with Crippen molar-refractivity contribution in [1.29, 1.82) is 0 Å². The Morgan fingerprint density at radius 3 is 2.64 bits per heavy atom. The number of aromatic nitrogens is 2. The molecule has 0 radical (unpaired) electrons. The molecule has 0 fully saturated rings. The molecular formula is C19H19FN2O2S. The van der Waals surface area contributed by atoms with Gasteiger partial charge in [-0.05, 0) is 35.4 Å². The number of aliphatic hydroxyl groups excluding tert-OH is 1. The molecule has 0 aliphatic rings. The van der Waals surface area contributed by atoms with Crippen molar-refractivity contribution in [3.63, 3.8) is 0 Å². The van der Waals surface area contributed by atoms with Crippen molar-refractivity contribution in [3.8, 4) is 5.75 Å². The number of ether oxygens (including phenoxy) is 1. The molecular weight excluding hydrogens is 339 g/mol. The number of benzene rings is 2. The van der Waals surface area contributed by atoms with Crippen LogP contribution in [0.1, 0.15) is 16.8 Å². The predicted molar refractivity (Wildman–Crippen MR) is 96.2 cm³/mol. The summed E-state index contributed by atoms with van der Waals surface area (Å²) in [6.07, 6.45) is 1.85. The Morgan fingerprint density at radius 1 is 1.16 bits per heavy atom. The molecule has 0 amide bonds. The molecule has 1 aromatic heterocycles. The third-order valence-corrected chi connectivity index (χ3v) is 4.78. The maximum atomic E-state index is 13.3. The zero-order valence-electron chi connectivity index (χ0n) is 13.9. The first-order valence-electron chi connectivity index (χ1n) is 7.85. The van der Waals surface area contributed by atoms with Gasteiger partial charge in [-0.15, -0.1) is 0 Å². The first kappa shape index (κ1) is 17.5. The van der Waals surface area contributed by atoms with Crippen LogP contribution in [-0.4, -0.2) is 21.8 Å². The Kier molecular flexibility index (Phi) is 5.73. The number of halogens is 1. The highest BCUT2D eigenvalue weighted by Gasteiger charge is 2.10. The molecule has 1 heterocycles. The van der Waals surface area contributed by atoms with E-state index in [4.69, 9.17) is 4.74 Å². The van der Waals surface area contributed by atoms with Gasteiger partial charge in [-0.1, -0.05) is 36.0 Å². The molecule has 130 valence electrons. The lowest BCUT2D eigenvalue weighted by Crippen LogP contribution is -2.00. The molecule has 0 spiro atoms. The lowest BCUT2D eigenvalue weighted by atomic mass is 10.2. The lowest BCUT2D eigenvalue weighted by molar-refractivity contribution is 0.277. The third-order valence-electron chi connectivity index (χ3n) is 3.72. The fourth-order valence-electron chi connectivity index (χ4n) is 2.46. The minimum Gasteiger partial charge on any atom is -0.497 e. The van der Waals surface area contributed by atoms with E-state index in [1.165, 1.54) is 23.9 Å². The Bertz CT molecular complexity index is 834. The number of rotatable bonds is 7. The number of hydrogen-bond donors (Lipinski definition) is 1. The van der Waals surface area contributed by atoms with E-state index in [0.717, 1.165) is 22.0 Å². The van der Waals surface area contributed by atoms with Crippen molar-refractivity contribution in [2.75, 3.05) is 7.11 Å². The largest absolute Gasteiger partial charge is 0.497 e. The van der Waals surface area contributed by atoms with Crippen LogP contribution in [0, 0.1) is 5.82 Å². The lowest BCUT2D eigenvalue weighted by Gasteiger charge is -2.08. The van der Waals surface area contributed by atoms with Crippen molar-refractivity contribution < 1.29 is 14.2 Å². The summed E-state index contributed by atoms with van der Waals surface area (Å²) >= 11 is 1.52. The SMILES string of the molecule is COc1ccc(Cn2cc(CO)nc2SCc2cccc(F)c2)cc1. The van der Waals surface area contributed by atoms with Gasteiger partial charge in [0.25, 0.3) is 0 Å². The van der Waals surface area contributed by atoms with Gasteiger partial charge in [0.15, 0.2) is 5.16 Å². The fraction of sp³-hybridized carbons (Fsp3) is 0.211. The molecule has 1 N–H and O–H groups in total. The summed E-state index contributed by atoms with van der Waals surface area (Å²) in [7, 11) is 1.64. The molecule has 6 heteroatoms. The first-order valence-corrected chi connectivity index (χ1v) is 8.83. The summed E-state index contributed by atoms with van der Waals surface area (Å²) in [5.74, 6) is 1.18. The summed E-state index contributed by atoms with van der Waals surface area (Å²) in [4.78, 5) is 4.45. The van der Waals surface area contributed by atoms with E-state index in [9.17, 15) is 9.50 Å². The van der Waals surface area contributed by atoms with Crippen LogP contribution >= 0.6 is 11.8 Å². The van der Waals surface area contributed by atoms with Gasteiger partial charge in [0.05, 0.1) is 19.4 Å². The van der Waals surface area contributed by atoms with Crippen LogP contribution in [0.4, 0.5) is 4.39 Å². The molecule has 0 bridgehead atoms. The number of thioether (sulfide) groups is 1. The van der Waals surface area contributed by atoms with E-state index < -0.39 is 0 Å². The second kappa shape index (κ2) is 8.18. The second-order valence-electron chi connectivity index (χ2n) is 5.57. The summed E-state index contributed by atoms with van der Waals surface area (Å²) in [5, 5.41) is 10.2. The van der Waals surface area contributed by atoms with Crippen LogP contribution in [0.5, 0.6) is 5.75 Å². The summed E-state index contributed by atoms with van der Waals surface area (Å²) < 4.78 is 20.5. The zero-order chi connectivity index (χ0) is 17.6. The van der Waals surface area contributed by atoms with Gasteiger partial charge in [0.1, 0.15) is 11.6 Å². The molecule has 0 atom stereocenters. The molecule has 2 aromatic carbocycles. The van der Waals surface area contributed by atoms with E-state index in [1.54, 1.807) is 13.2 Å². The molecule has 0 aliphatic carbocycles. The summed E-state index contributed by atoms with van der Waals surface area (Å²) in [6, 6.07) is 14.4. The summed E-state index contributed by atoms with van der Waals surface area (Å²) in [5.41, 5.74) is 2.63. The van der Waals surface area contributed by atoms with Crippen molar-refractivity contribution in [2.24, 2.45) is 0 Å². The monoisotopic (exact) mass is 358 g/mol. The highest BCUT2D eigenvalue weighted by atomic mass is 32.2. The topological polar surface area (TPSA) is 47.3 Å². The standard InChI is InChI=1S/C19H19FN2O2S/c1-24-18-7-5-14(6-8-18)10-22-11-17(12-23)21-19(22)25-13-15-3-2-4-16(20)9-15/h2-9,11,23H,10,12-13H2,1H3. The van der Waals surface area contributed by atoms with Crippen molar-refractivity contribution in [3.05, 3.63) is 77.4 Å². The van der Waals surface area contributed by atoms with Crippen LogP contribution in [-0.2, 0) is 18.9 Å². The van der Waals surface area contributed by atoms with Crippen LogP contribution in [0.25, 0.3) is 0 Å². The van der Waals surface area contributed by atoms with Gasteiger partial charge in [-0.2, -0.15) is 0 Å². The maximum Gasteiger partial charge on any atom is 0.168 e. The zero-order valence-corrected chi connectivity index (χ0v) is 14.7. The molecule has 0 saturated heterocycles. The molecule has 0 saturated carbocycles. The number of hydrogen-bond acceptors (Lipinski definition) is 4. The molecule has 0 aliphatic heterocycles. The number of imidazole rings is 1. The predicted octanol–water partition coefficient (Wildman–Crippen LogP) is 3.86. The molecule has 4 nitrogen and oxygen atoms in total. The fourth-order valence-corrected chi connectivity index (χ4v) is 3.40. The van der Waals surface area contributed by atoms with E-state index in [-0.39, 0.29) is 12.4 Å². The average Bonchev–Trinajstić information content (AvgIpc) is 3.03. The van der Waals surface area contributed by atoms with Crippen molar-refractivity contribution >= 4 is 11.8 Å². The Morgan fingerprint density at radius 2 is 1.96 bits per heavy atom. The van der Waals surface area contributed by atoms with Crippen LogP contribution in [0.3, 0.4) is 0 Å². The molecule has 3 aromatic rings. The number of aliphatic hydroxyl groups is 1. The van der Waals surface area contributed by atoms with Crippen molar-refractivity contribution in [1.82, 2.24) is 9.55 Å². The van der Waals surface area contributed by atoms with E-state index in [2.05, 4.69) is 4.98 Å². The van der Waals surface area contributed by atoms with Gasteiger partial charge in [-0.25, -0.2) is 9.37 Å². The Balaban J connectivity index is 1.75. The maximum absolute atomic E-state index is 13.3. The van der Waals surface area contributed by atoms with Crippen LogP contribution in [0.2, 0.25) is 0 Å². The van der Waals surface area contributed by atoms with Crippen LogP contribution < -0.4 is 4.74 Å². The van der Waals surface area contributed by atoms with Gasteiger partial charge < -0.3 is 14.4 Å². The van der Waals surface area contributed by atoms with E-state index in [1.807, 2.05) is 41.1 Å². The van der Waals surface area contributed by atoms with Gasteiger partial charge in [0.2, 0.25) is 0 Å². The minimum atomic E-state index is -0.240. The molecule has 0 unspecified atom stereocenters.